The quantitative estimate of drug-likeness (QED) is 0.691. The number of rotatable bonds is 7. The normalized spacial score (nSPS) is 16.4. The van der Waals surface area contributed by atoms with Crippen molar-refractivity contribution in [3.8, 4) is 5.75 Å². The van der Waals surface area contributed by atoms with Gasteiger partial charge in [0.05, 0.1) is 31.0 Å². The fraction of sp³-hybridized carbons (Fsp3) is 0.417. The molecule has 1 saturated heterocycles. The highest BCUT2D eigenvalue weighted by Gasteiger charge is 2.21. The second-order valence-corrected chi connectivity index (χ2v) is 7.91. The summed E-state index contributed by atoms with van der Waals surface area (Å²) >= 11 is 0. The van der Waals surface area contributed by atoms with Crippen LogP contribution in [0.15, 0.2) is 42.5 Å². The average molecular weight is 424 g/mol. The Bertz CT molecular complexity index is 938. The third-order valence-corrected chi connectivity index (χ3v) is 5.69. The molecule has 1 fully saturated rings. The fourth-order valence-corrected chi connectivity index (χ4v) is 4.07. The van der Waals surface area contributed by atoms with E-state index in [2.05, 4.69) is 33.3 Å². The van der Waals surface area contributed by atoms with Crippen molar-refractivity contribution in [3.63, 3.8) is 0 Å². The summed E-state index contributed by atoms with van der Waals surface area (Å²) in [6.45, 7) is 7.57. The standard InChI is InChI=1S/C24H29N3O4/c1-2-30-24(29)20-5-3-4-6-21(20)25-23(28)17-27-12-10-26(11-13-27)16-18-7-8-22-19(15-18)9-14-31-22/h3-8,15H,2,9-14,16-17H2,1H3,(H,25,28). The summed E-state index contributed by atoms with van der Waals surface area (Å²) in [5.74, 6) is 0.470. The summed E-state index contributed by atoms with van der Waals surface area (Å²) in [5, 5.41) is 2.87. The van der Waals surface area contributed by atoms with E-state index in [1.807, 2.05) is 0 Å². The minimum atomic E-state index is -0.426. The van der Waals surface area contributed by atoms with E-state index in [-0.39, 0.29) is 5.91 Å². The number of amides is 1. The molecule has 1 N–H and O–H groups in total. The lowest BCUT2D eigenvalue weighted by Crippen LogP contribution is -2.48. The van der Waals surface area contributed by atoms with Gasteiger partial charge >= 0.3 is 5.97 Å². The zero-order valence-corrected chi connectivity index (χ0v) is 17.9. The van der Waals surface area contributed by atoms with Crippen LogP contribution in [-0.4, -0.2) is 67.6 Å². The van der Waals surface area contributed by atoms with E-state index in [0.717, 1.165) is 51.5 Å². The van der Waals surface area contributed by atoms with Crippen LogP contribution in [0.25, 0.3) is 0 Å². The molecule has 0 atom stereocenters. The molecule has 7 nitrogen and oxygen atoms in total. The lowest BCUT2D eigenvalue weighted by molar-refractivity contribution is -0.117. The van der Waals surface area contributed by atoms with E-state index in [1.165, 1.54) is 11.1 Å². The molecule has 7 heteroatoms. The van der Waals surface area contributed by atoms with Gasteiger partial charge in [-0.2, -0.15) is 0 Å². The van der Waals surface area contributed by atoms with Gasteiger partial charge in [0.1, 0.15) is 5.75 Å². The molecule has 2 aromatic rings. The Morgan fingerprint density at radius 3 is 2.65 bits per heavy atom. The third-order valence-electron chi connectivity index (χ3n) is 5.69. The molecular formula is C24H29N3O4. The van der Waals surface area contributed by atoms with E-state index in [4.69, 9.17) is 9.47 Å². The number of anilines is 1. The maximum Gasteiger partial charge on any atom is 0.340 e. The number of benzene rings is 2. The summed E-state index contributed by atoms with van der Waals surface area (Å²) in [6.07, 6.45) is 0.991. The van der Waals surface area contributed by atoms with Gasteiger partial charge in [0, 0.05) is 39.1 Å². The van der Waals surface area contributed by atoms with E-state index < -0.39 is 5.97 Å². The summed E-state index contributed by atoms with van der Waals surface area (Å²) in [6, 6.07) is 13.4. The van der Waals surface area contributed by atoms with Gasteiger partial charge in [0.15, 0.2) is 0 Å². The van der Waals surface area contributed by atoms with Crippen LogP contribution < -0.4 is 10.1 Å². The van der Waals surface area contributed by atoms with Crippen molar-refractivity contribution in [3.05, 3.63) is 59.2 Å². The number of ether oxygens (including phenoxy) is 2. The van der Waals surface area contributed by atoms with Gasteiger partial charge in [-0.15, -0.1) is 0 Å². The largest absolute Gasteiger partial charge is 0.493 e. The summed E-state index contributed by atoms with van der Waals surface area (Å²) in [7, 11) is 0. The molecule has 0 radical (unpaired) electrons. The number of carbonyl (C=O) groups excluding carboxylic acids is 2. The van der Waals surface area contributed by atoms with Crippen LogP contribution in [0.4, 0.5) is 5.69 Å². The van der Waals surface area contributed by atoms with E-state index in [1.54, 1.807) is 31.2 Å². The Morgan fingerprint density at radius 1 is 1.06 bits per heavy atom. The van der Waals surface area contributed by atoms with Crippen LogP contribution in [0.3, 0.4) is 0 Å². The molecular weight excluding hydrogens is 394 g/mol. The molecule has 0 unspecified atom stereocenters. The van der Waals surface area contributed by atoms with Gasteiger partial charge in [-0.25, -0.2) is 4.79 Å². The molecule has 2 aliphatic rings. The van der Waals surface area contributed by atoms with Crippen LogP contribution >= 0.6 is 0 Å². The van der Waals surface area contributed by atoms with Crippen molar-refractivity contribution in [1.29, 1.82) is 0 Å². The smallest absolute Gasteiger partial charge is 0.340 e. The van der Waals surface area contributed by atoms with Crippen LogP contribution in [0, 0.1) is 0 Å². The Morgan fingerprint density at radius 2 is 1.84 bits per heavy atom. The summed E-state index contributed by atoms with van der Waals surface area (Å²) < 4.78 is 10.7. The van der Waals surface area contributed by atoms with E-state index in [0.29, 0.717) is 24.4 Å². The summed E-state index contributed by atoms with van der Waals surface area (Å²) in [4.78, 5) is 29.2. The van der Waals surface area contributed by atoms with Gasteiger partial charge in [-0.3, -0.25) is 14.6 Å². The van der Waals surface area contributed by atoms with Crippen molar-refractivity contribution >= 4 is 17.6 Å². The number of nitrogens with zero attached hydrogens (tertiary/aromatic N) is 2. The number of hydrogen-bond donors (Lipinski definition) is 1. The fourth-order valence-electron chi connectivity index (χ4n) is 4.07. The highest BCUT2D eigenvalue weighted by atomic mass is 16.5. The van der Waals surface area contributed by atoms with Crippen molar-refractivity contribution in [2.75, 3.05) is 51.3 Å². The lowest BCUT2D eigenvalue weighted by atomic mass is 10.1. The number of carbonyl (C=O) groups is 2. The molecule has 4 rings (SSSR count). The number of esters is 1. The average Bonchev–Trinajstić information content (AvgIpc) is 3.23. The Balaban J connectivity index is 1.26. The first kappa shape index (κ1) is 21.3. The van der Waals surface area contributed by atoms with Gasteiger partial charge in [0.2, 0.25) is 5.91 Å². The number of nitrogens with one attached hydrogen (secondary N) is 1. The maximum atomic E-state index is 12.6. The predicted octanol–water partition coefficient (Wildman–Crippen LogP) is 2.55. The van der Waals surface area contributed by atoms with Crippen LogP contribution in [-0.2, 0) is 22.5 Å². The van der Waals surface area contributed by atoms with Gasteiger partial charge in [-0.05, 0) is 36.2 Å². The molecule has 164 valence electrons. The number of fused-ring (bicyclic) bond motifs is 1. The van der Waals surface area contributed by atoms with Crippen LogP contribution in [0.2, 0.25) is 0 Å². The third kappa shape index (κ3) is 5.42. The first-order chi connectivity index (χ1) is 15.1. The zero-order chi connectivity index (χ0) is 21.6. The highest BCUT2D eigenvalue weighted by Crippen LogP contribution is 2.26. The minimum Gasteiger partial charge on any atom is -0.493 e. The molecule has 2 heterocycles. The molecule has 2 aliphatic heterocycles. The summed E-state index contributed by atoms with van der Waals surface area (Å²) in [5.41, 5.74) is 3.48. The number of piperazine rings is 1. The van der Waals surface area contributed by atoms with Crippen molar-refractivity contribution in [1.82, 2.24) is 9.80 Å². The molecule has 2 aromatic carbocycles. The second-order valence-electron chi connectivity index (χ2n) is 7.91. The molecule has 0 aliphatic carbocycles. The van der Waals surface area contributed by atoms with Crippen molar-refractivity contribution in [2.24, 2.45) is 0 Å². The molecule has 0 bridgehead atoms. The molecule has 0 spiro atoms. The second kappa shape index (κ2) is 9.94. The molecule has 0 saturated carbocycles. The first-order valence-electron chi connectivity index (χ1n) is 10.9. The van der Waals surface area contributed by atoms with Crippen molar-refractivity contribution < 1.29 is 19.1 Å². The highest BCUT2D eigenvalue weighted by molar-refractivity contribution is 6.01. The predicted molar refractivity (Wildman–Crippen MR) is 118 cm³/mol. The molecule has 1 amide bonds. The zero-order valence-electron chi connectivity index (χ0n) is 17.9. The number of para-hydroxylation sites is 1. The Kier molecular flexibility index (Phi) is 6.84. The van der Waals surface area contributed by atoms with Crippen LogP contribution in [0.1, 0.15) is 28.4 Å². The van der Waals surface area contributed by atoms with E-state index >= 15 is 0 Å². The van der Waals surface area contributed by atoms with Gasteiger partial charge in [0.25, 0.3) is 0 Å². The Labute approximate surface area is 182 Å². The Hall–Kier alpha value is -2.90. The lowest BCUT2D eigenvalue weighted by Gasteiger charge is -2.34. The van der Waals surface area contributed by atoms with E-state index in [9.17, 15) is 9.59 Å². The first-order valence-corrected chi connectivity index (χ1v) is 10.9. The maximum absolute atomic E-state index is 12.6. The van der Waals surface area contributed by atoms with Crippen molar-refractivity contribution in [2.45, 2.75) is 19.9 Å². The van der Waals surface area contributed by atoms with Gasteiger partial charge in [-0.1, -0.05) is 24.3 Å². The monoisotopic (exact) mass is 423 g/mol. The molecule has 31 heavy (non-hydrogen) atoms. The number of hydrogen-bond acceptors (Lipinski definition) is 6. The SMILES string of the molecule is CCOC(=O)c1ccccc1NC(=O)CN1CCN(Cc2ccc3c(c2)CCO3)CC1. The molecule has 0 aromatic heterocycles. The van der Waals surface area contributed by atoms with Gasteiger partial charge < -0.3 is 14.8 Å². The minimum absolute atomic E-state index is 0.121. The van der Waals surface area contributed by atoms with Crippen LogP contribution in [0.5, 0.6) is 5.75 Å². The topological polar surface area (TPSA) is 71.1 Å².